The maximum atomic E-state index is 10.8. The summed E-state index contributed by atoms with van der Waals surface area (Å²) in [5.74, 6) is -0.203. The summed E-state index contributed by atoms with van der Waals surface area (Å²) < 4.78 is 0. The molecule has 1 aliphatic heterocycles. The normalized spacial score (nSPS) is 25.8. The fourth-order valence-corrected chi connectivity index (χ4v) is 2.95. The minimum absolute atomic E-state index is 0.203. The Bertz CT molecular complexity index is 230. The van der Waals surface area contributed by atoms with E-state index in [2.05, 4.69) is 9.80 Å². The van der Waals surface area contributed by atoms with Gasteiger partial charge in [0.25, 0.3) is 0 Å². The van der Waals surface area contributed by atoms with Crippen molar-refractivity contribution in [3.8, 4) is 0 Å². The van der Waals surface area contributed by atoms with E-state index in [0.29, 0.717) is 6.54 Å². The van der Waals surface area contributed by atoms with Gasteiger partial charge in [-0.25, -0.2) is 0 Å². The van der Waals surface area contributed by atoms with Crippen LogP contribution >= 0.6 is 0 Å². The molecule has 1 amide bonds. The molecule has 2 rings (SSSR count). The summed E-state index contributed by atoms with van der Waals surface area (Å²) >= 11 is 0. The van der Waals surface area contributed by atoms with E-state index in [-0.39, 0.29) is 5.91 Å². The number of hydrogen-bond acceptors (Lipinski definition) is 3. The van der Waals surface area contributed by atoms with E-state index in [9.17, 15) is 4.79 Å². The maximum Gasteiger partial charge on any atom is 0.231 e. The fourth-order valence-electron chi connectivity index (χ4n) is 2.95. The van der Waals surface area contributed by atoms with Crippen LogP contribution in [0.3, 0.4) is 0 Å². The van der Waals surface area contributed by atoms with E-state index in [0.717, 1.165) is 32.2 Å². The highest BCUT2D eigenvalue weighted by Crippen LogP contribution is 2.23. The molecule has 2 fully saturated rings. The minimum Gasteiger partial charge on any atom is -0.369 e. The van der Waals surface area contributed by atoms with E-state index in [1.54, 1.807) is 0 Å². The van der Waals surface area contributed by atoms with Crippen molar-refractivity contribution in [1.82, 2.24) is 9.80 Å². The van der Waals surface area contributed by atoms with Gasteiger partial charge < -0.3 is 5.73 Å². The average molecular weight is 225 g/mol. The number of nitrogens with two attached hydrogens (primary N) is 1. The van der Waals surface area contributed by atoms with Gasteiger partial charge in [-0.3, -0.25) is 14.6 Å². The molecule has 0 aromatic carbocycles. The number of carbonyl (C=O) groups is 1. The van der Waals surface area contributed by atoms with Crippen molar-refractivity contribution in [2.45, 2.75) is 38.1 Å². The predicted octanol–water partition coefficient (Wildman–Crippen LogP) is 0.422. The third kappa shape index (κ3) is 3.19. The number of amides is 1. The zero-order valence-electron chi connectivity index (χ0n) is 10.0. The highest BCUT2D eigenvalue weighted by Gasteiger charge is 2.25. The number of rotatable bonds is 3. The molecule has 16 heavy (non-hydrogen) atoms. The highest BCUT2D eigenvalue weighted by molar-refractivity contribution is 5.75. The van der Waals surface area contributed by atoms with Crippen LogP contribution in [0.2, 0.25) is 0 Å². The molecule has 1 saturated heterocycles. The summed E-state index contributed by atoms with van der Waals surface area (Å²) in [7, 11) is 0. The Hall–Kier alpha value is -0.610. The van der Waals surface area contributed by atoms with E-state index < -0.39 is 0 Å². The van der Waals surface area contributed by atoms with Gasteiger partial charge in [0.15, 0.2) is 0 Å². The minimum atomic E-state index is -0.203. The van der Waals surface area contributed by atoms with E-state index in [4.69, 9.17) is 5.73 Å². The van der Waals surface area contributed by atoms with Crippen LogP contribution in [0.25, 0.3) is 0 Å². The first-order valence-corrected chi connectivity index (χ1v) is 6.50. The van der Waals surface area contributed by atoms with Gasteiger partial charge in [0.1, 0.15) is 0 Å². The van der Waals surface area contributed by atoms with Gasteiger partial charge in [0.05, 0.1) is 6.54 Å². The zero-order valence-corrected chi connectivity index (χ0v) is 10.0. The Kier molecular flexibility index (Phi) is 4.18. The van der Waals surface area contributed by atoms with Gasteiger partial charge in [0.2, 0.25) is 5.91 Å². The molecule has 0 aromatic heterocycles. The second-order valence-electron chi connectivity index (χ2n) is 5.07. The topological polar surface area (TPSA) is 49.6 Å². The second kappa shape index (κ2) is 5.64. The van der Waals surface area contributed by atoms with Crippen LogP contribution in [0.1, 0.15) is 32.1 Å². The molecule has 0 radical (unpaired) electrons. The Morgan fingerprint density at radius 3 is 2.25 bits per heavy atom. The Labute approximate surface area is 97.8 Å². The van der Waals surface area contributed by atoms with Gasteiger partial charge in [0, 0.05) is 32.2 Å². The third-order valence-corrected chi connectivity index (χ3v) is 3.88. The summed E-state index contributed by atoms with van der Waals surface area (Å²) in [6.45, 7) is 4.65. The lowest BCUT2D eigenvalue weighted by atomic mass is 9.94. The van der Waals surface area contributed by atoms with Crippen molar-refractivity contribution >= 4 is 5.91 Å². The van der Waals surface area contributed by atoms with Crippen LogP contribution in [0, 0.1) is 0 Å². The molecule has 0 unspecified atom stereocenters. The number of carbonyl (C=O) groups excluding carboxylic acids is 1. The van der Waals surface area contributed by atoms with Gasteiger partial charge in [-0.05, 0) is 12.8 Å². The lowest BCUT2D eigenvalue weighted by Gasteiger charge is -2.40. The summed E-state index contributed by atoms with van der Waals surface area (Å²) in [6, 6.07) is 0.810. The second-order valence-corrected chi connectivity index (χ2v) is 5.07. The van der Waals surface area contributed by atoms with Crippen molar-refractivity contribution in [3.63, 3.8) is 0 Å². The quantitative estimate of drug-likeness (QED) is 0.757. The molecule has 4 nitrogen and oxygen atoms in total. The maximum absolute atomic E-state index is 10.8. The molecule has 1 heterocycles. The number of primary amides is 1. The zero-order chi connectivity index (χ0) is 11.4. The number of piperazine rings is 1. The molecular weight excluding hydrogens is 202 g/mol. The SMILES string of the molecule is NC(=O)CN1CCN(C2CCCCC2)CC1. The summed E-state index contributed by atoms with van der Waals surface area (Å²) in [5.41, 5.74) is 5.21. The lowest BCUT2D eigenvalue weighted by molar-refractivity contribution is -0.119. The lowest BCUT2D eigenvalue weighted by Crippen LogP contribution is -2.52. The summed E-state index contributed by atoms with van der Waals surface area (Å²) in [5, 5.41) is 0. The smallest absolute Gasteiger partial charge is 0.231 e. The monoisotopic (exact) mass is 225 g/mol. The van der Waals surface area contributed by atoms with E-state index in [1.807, 2.05) is 0 Å². The van der Waals surface area contributed by atoms with Gasteiger partial charge in [-0.1, -0.05) is 19.3 Å². The largest absolute Gasteiger partial charge is 0.369 e. The Balaban J connectivity index is 1.73. The third-order valence-electron chi connectivity index (χ3n) is 3.88. The fraction of sp³-hybridized carbons (Fsp3) is 0.917. The van der Waals surface area contributed by atoms with Crippen molar-refractivity contribution in [3.05, 3.63) is 0 Å². The first-order chi connectivity index (χ1) is 7.75. The molecule has 1 saturated carbocycles. The Morgan fingerprint density at radius 1 is 1.06 bits per heavy atom. The van der Waals surface area contributed by atoms with Crippen LogP contribution in [0.4, 0.5) is 0 Å². The number of nitrogens with zero attached hydrogens (tertiary/aromatic N) is 2. The molecule has 2 aliphatic rings. The van der Waals surface area contributed by atoms with Crippen LogP contribution in [-0.4, -0.2) is 54.5 Å². The summed E-state index contributed by atoms with van der Waals surface area (Å²) in [4.78, 5) is 15.6. The molecule has 0 aromatic rings. The standard InChI is InChI=1S/C12H23N3O/c13-12(16)10-14-6-8-15(9-7-14)11-4-2-1-3-5-11/h11H,1-10H2,(H2,13,16). The molecule has 0 spiro atoms. The van der Waals surface area contributed by atoms with Crippen molar-refractivity contribution in [2.24, 2.45) is 5.73 Å². The molecule has 1 aliphatic carbocycles. The first-order valence-electron chi connectivity index (χ1n) is 6.50. The van der Waals surface area contributed by atoms with Crippen LogP contribution < -0.4 is 5.73 Å². The van der Waals surface area contributed by atoms with E-state index >= 15 is 0 Å². The van der Waals surface area contributed by atoms with Crippen LogP contribution in [0.15, 0.2) is 0 Å². The van der Waals surface area contributed by atoms with Crippen molar-refractivity contribution in [2.75, 3.05) is 32.7 Å². The van der Waals surface area contributed by atoms with Gasteiger partial charge >= 0.3 is 0 Å². The number of hydrogen-bond donors (Lipinski definition) is 1. The molecule has 0 bridgehead atoms. The summed E-state index contributed by atoms with van der Waals surface area (Å²) in [6.07, 6.45) is 6.95. The average Bonchev–Trinajstić information content (AvgIpc) is 2.30. The van der Waals surface area contributed by atoms with Gasteiger partial charge in [-0.15, -0.1) is 0 Å². The predicted molar refractivity (Wildman–Crippen MR) is 64.1 cm³/mol. The first kappa shape index (κ1) is 11.9. The van der Waals surface area contributed by atoms with Crippen LogP contribution in [0.5, 0.6) is 0 Å². The van der Waals surface area contributed by atoms with E-state index in [1.165, 1.54) is 32.1 Å². The van der Waals surface area contributed by atoms with Crippen LogP contribution in [-0.2, 0) is 4.79 Å². The molecule has 4 heteroatoms. The molecule has 92 valence electrons. The van der Waals surface area contributed by atoms with Gasteiger partial charge in [-0.2, -0.15) is 0 Å². The molecular formula is C12H23N3O. The highest BCUT2D eigenvalue weighted by atomic mass is 16.1. The Morgan fingerprint density at radius 2 is 1.69 bits per heavy atom. The molecule has 0 atom stereocenters. The molecule has 2 N–H and O–H groups in total. The van der Waals surface area contributed by atoms with Crippen molar-refractivity contribution < 1.29 is 4.79 Å². The van der Waals surface area contributed by atoms with Crippen molar-refractivity contribution in [1.29, 1.82) is 0 Å².